The molecule has 90 valence electrons. The van der Waals surface area contributed by atoms with Crippen LogP contribution in [-0.2, 0) is 4.79 Å². The van der Waals surface area contributed by atoms with Gasteiger partial charge in [0.2, 0.25) is 5.91 Å². The molecule has 0 atom stereocenters. The Bertz CT molecular complexity index is 446. The zero-order valence-corrected chi connectivity index (χ0v) is 10.2. The monoisotopic (exact) mass is 231 g/mol. The van der Waals surface area contributed by atoms with Crippen molar-refractivity contribution in [3.05, 3.63) is 29.8 Å². The van der Waals surface area contributed by atoms with Crippen LogP contribution in [-0.4, -0.2) is 12.5 Å². The van der Waals surface area contributed by atoms with Gasteiger partial charge in [0.05, 0.1) is 11.6 Å². The third-order valence-electron chi connectivity index (χ3n) is 2.47. The Balaban J connectivity index is 2.66. The van der Waals surface area contributed by atoms with Crippen LogP contribution < -0.4 is 11.1 Å². The van der Waals surface area contributed by atoms with Crippen LogP contribution in [0.1, 0.15) is 25.8 Å². The number of carbonyl (C=O) groups is 1. The quantitative estimate of drug-likeness (QED) is 0.830. The highest BCUT2D eigenvalue weighted by molar-refractivity contribution is 5.91. The van der Waals surface area contributed by atoms with Gasteiger partial charge in [-0.25, -0.2) is 0 Å². The number of benzene rings is 1. The third-order valence-corrected chi connectivity index (χ3v) is 2.47. The minimum absolute atomic E-state index is 0.0875. The summed E-state index contributed by atoms with van der Waals surface area (Å²) in [6.07, 6.45) is 0.361. The Morgan fingerprint density at radius 3 is 2.82 bits per heavy atom. The highest BCUT2D eigenvalue weighted by Gasteiger charge is 2.20. The van der Waals surface area contributed by atoms with Crippen molar-refractivity contribution in [2.45, 2.75) is 20.3 Å². The lowest BCUT2D eigenvalue weighted by molar-refractivity contribution is -0.117. The molecule has 0 aliphatic rings. The number of nitriles is 1. The second kappa shape index (κ2) is 5.46. The summed E-state index contributed by atoms with van der Waals surface area (Å²) in [5.74, 6) is -0.0875. The van der Waals surface area contributed by atoms with Crippen molar-refractivity contribution in [3.63, 3.8) is 0 Å². The molecular formula is C13H17N3O. The first-order valence-corrected chi connectivity index (χ1v) is 5.47. The number of amides is 1. The number of rotatable bonds is 4. The van der Waals surface area contributed by atoms with Gasteiger partial charge in [-0.05, 0) is 30.2 Å². The molecule has 0 fully saturated rings. The molecule has 0 bridgehead atoms. The second-order valence-corrected chi connectivity index (χ2v) is 4.79. The molecule has 0 unspecified atom stereocenters. The maximum absolute atomic E-state index is 11.7. The van der Waals surface area contributed by atoms with Crippen molar-refractivity contribution in [2.75, 3.05) is 11.9 Å². The molecule has 0 saturated heterocycles. The standard InChI is InChI=1S/C13H17N3O/c1-13(2,9-15)7-12(17)16-11-5-3-4-10(6-11)8-14/h3-6H,7,9,15H2,1-2H3,(H,16,17). The van der Waals surface area contributed by atoms with Gasteiger partial charge < -0.3 is 11.1 Å². The smallest absolute Gasteiger partial charge is 0.224 e. The van der Waals surface area contributed by atoms with E-state index in [2.05, 4.69) is 5.32 Å². The zero-order chi connectivity index (χ0) is 12.9. The molecule has 3 N–H and O–H groups in total. The number of nitrogens with two attached hydrogens (primary N) is 1. The number of hydrogen-bond acceptors (Lipinski definition) is 3. The number of nitrogens with one attached hydrogen (secondary N) is 1. The van der Waals surface area contributed by atoms with Crippen LogP contribution in [0, 0.1) is 16.7 Å². The molecule has 0 saturated carbocycles. The van der Waals surface area contributed by atoms with Crippen molar-refractivity contribution < 1.29 is 4.79 Å². The third kappa shape index (κ3) is 4.25. The molecule has 1 aromatic rings. The summed E-state index contributed by atoms with van der Waals surface area (Å²) in [5.41, 5.74) is 6.53. The van der Waals surface area contributed by atoms with Crippen molar-refractivity contribution in [3.8, 4) is 6.07 Å². The molecule has 1 amide bonds. The zero-order valence-electron chi connectivity index (χ0n) is 10.2. The van der Waals surface area contributed by atoms with E-state index in [1.807, 2.05) is 19.9 Å². The maximum atomic E-state index is 11.7. The molecule has 1 aromatic carbocycles. The average Bonchev–Trinajstić information content (AvgIpc) is 2.28. The van der Waals surface area contributed by atoms with Gasteiger partial charge in [0.15, 0.2) is 0 Å². The largest absolute Gasteiger partial charge is 0.330 e. The Morgan fingerprint density at radius 2 is 2.24 bits per heavy atom. The van der Waals surface area contributed by atoms with E-state index < -0.39 is 0 Å². The molecule has 17 heavy (non-hydrogen) atoms. The predicted molar refractivity (Wildman–Crippen MR) is 67.2 cm³/mol. The summed E-state index contributed by atoms with van der Waals surface area (Å²) in [5, 5.41) is 11.5. The summed E-state index contributed by atoms with van der Waals surface area (Å²) >= 11 is 0. The van der Waals surface area contributed by atoms with Gasteiger partial charge in [0.25, 0.3) is 0 Å². The topological polar surface area (TPSA) is 78.9 Å². The van der Waals surface area contributed by atoms with E-state index in [9.17, 15) is 4.79 Å². The van der Waals surface area contributed by atoms with E-state index in [1.54, 1.807) is 24.3 Å². The van der Waals surface area contributed by atoms with Gasteiger partial charge in [-0.3, -0.25) is 4.79 Å². The summed E-state index contributed by atoms with van der Waals surface area (Å²) in [4.78, 5) is 11.7. The Labute approximate surface area is 101 Å². The van der Waals surface area contributed by atoms with Gasteiger partial charge in [-0.15, -0.1) is 0 Å². The van der Waals surface area contributed by atoms with E-state index in [1.165, 1.54) is 0 Å². The van der Waals surface area contributed by atoms with Crippen LogP contribution in [0.2, 0.25) is 0 Å². The minimum Gasteiger partial charge on any atom is -0.330 e. The number of hydrogen-bond donors (Lipinski definition) is 2. The van der Waals surface area contributed by atoms with Crippen molar-refractivity contribution in [2.24, 2.45) is 11.1 Å². The van der Waals surface area contributed by atoms with Crippen LogP contribution in [0.5, 0.6) is 0 Å². The fourth-order valence-electron chi connectivity index (χ4n) is 1.38. The van der Waals surface area contributed by atoms with Crippen molar-refractivity contribution in [1.82, 2.24) is 0 Å². The second-order valence-electron chi connectivity index (χ2n) is 4.79. The van der Waals surface area contributed by atoms with Crippen LogP contribution in [0.3, 0.4) is 0 Å². The lowest BCUT2D eigenvalue weighted by Crippen LogP contribution is -2.29. The molecule has 0 aliphatic carbocycles. The normalized spacial score (nSPS) is 10.7. The lowest BCUT2D eigenvalue weighted by atomic mass is 9.89. The molecule has 0 heterocycles. The lowest BCUT2D eigenvalue weighted by Gasteiger charge is -2.21. The van der Waals surface area contributed by atoms with Gasteiger partial charge in [-0.2, -0.15) is 5.26 Å². The number of carbonyl (C=O) groups excluding carboxylic acids is 1. The van der Waals surface area contributed by atoms with Gasteiger partial charge >= 0.3 is 0 Å². The summed E-state index contributed by atoms with van der Waals surface area (Å²) < 4.78 is 0. The number of anilines is 1. The molecule has 0 spiro atoms. The molecule has 1 rings (SSSR count). The van der Waals surface area contributed by atoms with Crippen LogP contribution in [0.15, 0.2) is 24.3 Å². The molecule has 0 aliphatic heterocycles. The SMILES string of the molecule is CC(C)(CN)CC(=O)Nc1cccc(C#N)c1. The van der Waals surface area contributed by atoms with Gasteiger partial charge in [0, 0.05) is 12.1 Å². The fourth-order valence-corrected chi connectivity index (χ4v) is 1.38. The number of nitrogens with zero attached hydrogens (tertiary/aromatic N) is 1. The van der Waals surface area contributed by atoms with Gasteiger partial charge in [-0.1, -0.05) is 19.9 Å². The van der Waals surface area contributed by atoms with Crippen LogP contribution >= 0.6 is 0 Å². The first kappa shape index (κ1) is 13.2. The van der Waals surface area contributed by atoms with Crippen molar-refractivity contribution >= 4 is 11.6 Å². The fraction of sp³-hybridized carbons (Fsp3) is 0.385. The summed E-state index contributed by atoms with van der Waals surface area (Å²) in [7, 11) is 0. The van der Waals surface area contributed by atoms with E-state index in [4.69, 9.17) is 11.0 Å². The van der Waals surface area contributed by atoms with E-state index in [0.29, 0.717) is 24.2 Å². The average molecular weight is 231 g/mol. The van der Waals surface area contributed by atoms with Gasteiger partial charge in [0.1, 0.15) is 0 Å². The Hall–Kier alpha value is -1.86. The highest BCUT2D eigenvalue weighted by Crippen LogP contribution is 2.19. The van der Waals surface area contributed by atoms with Crippen LogP contribution in [0.25, 0.3) is 0 Å². The summed E-state index contributed by atoms with van der Waals surface area (Å²) in [6, 6.07) is 8.87. The highest BCUT2D eigenvalue weighted by atomic mass is 16.1. The maximum Gasteiger partial charge on any atom is 0.224 e. The van der Waals surface area contributed by atoms with E-state index >= 15 is 0 Å². The molecule has 4 heteroatoms. The Morgan fingerprint density at radius 1 is 1.53 bits per heavy atom. The Kier molecular flexibility index (Phi) is 4.24. The first-order chi connectivity index (χ1) is 7.96. The molecule has 0 radical (unpaired) electrons. The predicted octanol–water partition coefficient (Wildman–Crippen LogP) is 1.87. The first-order valence-electron chi connectivity index (χ1n) is 5.47. The van der Waals surface area contributed by atoms with E-state index in [0.717, 1.165) is 0 Å². The molecule has 4 nitrogen and oxygen atoms in total. The minimum atomic E-state index is -0.211. The molecular weight excluding hydrogens is 214 g/mol. The van der Waals surface area contributed by atoms with Crippen LogP contribution in [0.4, 0.5) is 5.69 Å². The summed E-state index contributed by atoms with van der Waals surface area (Å²) in [6.45, 7) is 4.34. The molecule has 0 aromatic heterocycles. The van der Waals surface area contributed by atoms with Crippen molar-refractivity contribution in [1.29, 1.82) is 5.26 Å². The van der Waals surface area contributed by atoms with E-state index in [-0.39, 0.29) is 11.3 Å².